The van der Waals surface area contributed by atoms with Crippen LogP contribution in [0.2, 0.25) is 0 Å². The fourth-order valence-corrected chi connectivity index (χ4v) is 1.14. The summed E-state index contributed by atoms with van der Waals surface area (Å²) in [6.07, 6.45) is -1.53. The van der Waals surface area contributed by atoms with Crippen molar-refractivity contribution in [1.82, 2.24) is 0 Å². The molecule has 2 rings (SSSR count). The number of hydrogen-bond acceptors (Lipinski definition) is 5. The Morgan fingerprint density at radius 2 is 2.00 bits per heavy atom. The number of azo groups is 1. The molecule has 0 bridgehead atoms. The minimum atomic E-state index is -0.779. The van der Waals surface area contributed by atoms with Crippen LogP contribution in [-0.4, -0.2) is 11.0 Å². The van der Waals surface area contributed by atoms with Crippen LogP contribution in [0.4, 0.5) is 10.5 Å². The van der Waals surface area contributed by atoms with Crippen LogP contribution in [0.15, 0.2) is 34.5 Å². The Labute approximate surface area is 83.5 Å². The van der Waals surface area contributed by atoms with Crippen molar-refractivity contribution in [3.63, 3.8) is 0 Å². The van der Waals surface area contributed by atoms with Crippen LogP contribution in [0.5, 0.6) is 0 Å². The Hall–Kier alpha value is -2.31. The maximum Gasteiger partial charge on any atom is 0.454 e. The second-order valence-corrected chi connectivity index (χ2v) is 2.80. The molecule has 0 N–H and O–H groups in total. The fraction of sp³-hybridized carbons (Fsp3) is 0.125. The number of cyclic esters (lactones) is 1. The lowest BCUT2D eigenvalue weighted by atomic mass is 10.2. The average Bonchev–Trinajstić information content (AvgIpc) is 2.65. The van der Waals surface area contributed by atoms with Gasteiger partial charge in [-0.05, 0) is 12.1 Å². The highest BCUT2D eigenvalue weighted by Crippen LogP contribution is 2.26. The van der Waals surface area contributed by atoms with E-state index in [1.54, 1.807) is 0 Å². The van der Waals surface area contributed by atoms with Crippen molar-refractivity contribution < 1.29 is 14.5 Å². The molecule has 0 fully saturated rings. The van der Waals surface area contributed by atoms with Crippen molar-refractivity contribution in [2.45, 2.75) is 6.23 Å². The number of rotatable bonds is 2. The van der Waals surface area contributed by atoms with Gasteiger partial charge >= 0.3 is 6.09 Å². The van der Waals surface area contributed by atoms with Gasteiger partial charge in [0.25, 0.3) is 5.69 Å². The third-order valence-corrected chi connectivity index (χ3v) is 1.85. The van der Waals surface area contributed by atoms with E-state index in [0.29, 0.717) is 5.56 Å². The summed E-state index contributed by atoms with van der Waals surface area (Å²) in [7, 11) is 0. The van der Waals surface area contributed by atoms with Gasteiger partial charge in [0.05, 0.1) is 4.92 Å². The molecule has 1 heterocycles. The van der Waals surface area contributed by atoms with Gasteiger partial charge < -0.3 is 4.74 Å². The van der Waals surface area contributed by atoms with Gasteiger partial charge in [-0.3, -0.25) is 10.1 Å². The number of nitro groups is 1. The number of non-ortho nitro benzene ring substituents is 1. The quantitative estimate of drug-likeness (QED) is 0.548. The standard InChI is InChI=1S/C8H5N3O4/c12-8-10-9-7(15-8)5-1-3-6(4-2-5)11(13)14/h1-4,7H. The molecular formula is C8H5N3O4. The average molecular weight is 207 g/mol. The van der Waals surface area contributed by atoms with Crippen LogP contribution in [0.1, 0.15) is 11.8 Å². The molecule has 0 spiro atoms. The molecule has 76 valence electrons. The van der Waals surface area contributed by atoms with Crippen LogP contribution >= 0.6 is 0 Å². The van der Waals surface area contributed by atoms with Gasteiger partial charge in [-0.25, -0.2) is 4.79 Å². The topological polar surface area (TPSA) is 94.2 Å². The zero-order valence-corrected chi connectivity index (χ0v) is 7.36. The molecule has 1 atom stereocenters. The molecule has 0 aliphatic carbocycles. The lowest BCUT2D eigenvalue weighted by Crippen LogP contribution is -1.98. The summed E-state index contributed by atoms with van der Waals surface area (Å²) in [5.74, 6) is 0. The lowest BCUT2D eigenvalue weighted by molar-refractivity contribution is -0.384. The van der Waals surface area contributed by atoms with Crippen LogP contribution in [-0.2, 0) is 4.74 Å². The number of nitrogens with zero attached hydrogens (tertiary/aromatic N) is 3. The molecule has 1 aromatic carbocycles. The SMILES string of the molecule is O=C1N=NC(c2ccc([N+](=O)[O-])cc2)O1. The van der Waals surface area contributed by atoms with Crippen molar-refractivity contribution in [3.05, 3.63) is 39.9 Å². The summed E-state index contributed by atoms with van der Waals surface area (Å²) in [6.45, 7) is 0. The molecule has 0 radical (unpaired) electrons. The number of nitro benzene ring substituents is 1. The first-order valence-corrected chi connectivity index (χ1v) is 4.02. The first-order chi connectivity index (χ1) is 7.16. The number of hydrogen-bond donors (Lipinski definition) is 0. The molecule has 0 saturated heterocycles. The van der Waals surface area contributed by atoms with E-state index in [9.17, 15) is 14.9 Å². The second kappa shape index (κ2) is 3.45. The van der Waals surface area contributed by atoms with Gasteiger partial charge in [0.15, 0.2) is 0 Å². The molecular weight excluding hydrogens is 202 g/mol. The summed E-state index contributed by atoms with van der Waals surface area (Å²) in [6, 6.07) is 5.58. The van der Waals surface area contributed by atoms with Gasteiger partial charge in [0.1, 0.15) is 0 Å². The Bertz CT molecular complexity index is 440. The van der Waals surface area contributed by atoms with Crippen molar-refractivity contribution >= 4 is 11.8 Å². The van der Waals surface area contributed by atoms with Gasteiger partial charge in [-0.1, -0.05) is 5.11 Å². The Kier molecular flexibility index (Phi) is 2.13. The Balaban J connectivity index is 2.21. The highest BCUT2D eigenvalue weighted by Gasteiger charge is 2.22. The number of carbonyl (C=O) groups excluding carboxylic acids is 1. The molecule has 7 nitrogen and oxygen atoms in total. The first kappa shape index (κ1) is 9.25. The van der Waals surface area contributed by atoms with E-state index >= 15 is 0 Å². The highest BCUT2D eigenvalue weighted by molar-refractivity contribution is 5.69. The van der Waals surface area contributed by atoms with E-state index in [4.69, 9.17) is 4.74 Å². The molecule has 15 heavy (non-hydrogen) atoms. The molecule has 1 aromatic rings. The molecule has 1 amide bonds. The minimum Gasteiger partial charge on any atom is -0.415 e. The highest BCUT2D eigenvalue weighted by atomic mass is 16.6. The zero-order valence-electron chi connectivity index (χ0n) is 7.36. The molecule has 1 aliphatic rings. The predicted octanol–water partition coefficient (Wildman–Crippen LogP) is 2.20. The van der Waals surface area contributed by atoms with Gasteiger partial charge in [-0.2, -0.15) is 0 Å². The molecule has 7 heteroatoms. The smallest absolute Gasteiger partial charge is 0.415 e. The lowest BCUT2D eigenvalue weighted by Gasteiger charge is -2.04. The van der Waals surface area contributed by atoms with Gasteiger partial charge in [-0.15, -0.1) is 5.11 Å². The third-order valence-electron chi connectivity index (χ3n) is 1.85. The number of ether oxygens (including phenoxy) is 1. The summed E-state index contributed by atoms with van der Waals surface area (Å²) >= 11 is 0. The number of carbonyl (C=O) groups is 1. The van der Waals surface area contributed by atoms with Gasteiger partial charge in [0.2, 0.25) is 6.23 Å². The maximum atomic E-state index is 10.6. The van der Waals surface area contributed by atoms with Crippen molar-refractivity contribution in [1.29, 1.82) is 0 Å². The summed E-state index contributed by atoms with van der Waals surface area (Å²) in [5.41, 5.74) is 0.523. The van der Waals surface area contributed by atoms with E-state index in [1.165, 1.54) is 24.3 Å². The van der Waals surface area contributed by atoms with E-state index in [2.05, 4.69) is 10.2 Å². The number of amides is 1. The van der Waals surface area contributed by atoms with E-state index in [1.807, 2.05) is 0 Å². The predicted molar refractivity (Wildman–Crippen MR) is 47.2 cm³/mol. The largest absolute Gasteiger partial charge is 0.454 e. The van der Waals surface area contributed by atoms with E-state index in [0.717, 1.165) is 0 Å². The van der Waals surface area contributed by atoms with Gasteiger partial charge in [0, 0.05) is 17.7 Å². The Morgan fingerprint density at radius 3 is 2.47 bits per heavy atom. The fourth-order valence-electron chi connectivity index (χ4n) is 1.14. The summed E-state index contributed by atoms with van der Waals surface area (Å²) in [4.78, 5) is 20.5. The number of benzene rings is 1. The molecule has 1 unspecified atom stereocenters. The van der Waals surface area contributed by atoms with Crippen molar-refractivity contribution in [2.75, 3.05) is 0 Å². The maximum absolute atomic E-state index is 10.6. The minimum absolute atomic E-state index is 0.0278. The second-order valence-electron chi connectivity index (χ2n) is 2.80. The third kappa shape index (κ3) is 1.80. The monoisotopic (exact) mass is 207 g/mol. The van der Waals surface area contributed by atoms with Crippen LogP contribution in [0, 0.1) is 10.1 Å². The molecule has 0 aromatic heterocycles. The summed E-state index contributed by atoms with van der Waals surface area (Å²) in [5, 5.41) is 17.1. The normalized spacial score (nSPS) is 18.9. The summed E-state index contributed by atoms with van der Waals surface area (Å²) < 4.78 is 4.71. The first-order valence-electron chi connectivity index (χ1n) is 4.02. The van der Waals surface area contributed by atoms with E-state index < -0.39 is 17.2 Å². The van der Waals surface area contributed by atoms with Crippen LogP contribution < -0.4 is 0 Å². The van der Waals surface area contributed by atoms with Crippen molar-refractivity contribution in [3.8, 4) is 0 Å². The Morgan fingerprint density at radius 1 is 1.33 bits per heavy atom. The van der Waals surface area contributed by atoms with Crippen molar-refractivity contribution in [2.24, 2.45) is 10.2 Å². The molecule has 0 saturated carbocycles. The molecule has 1 aliphatic heterocycles. The zero-order chi connectivity index (χ0) is 10.8. The van der Waals surface area contributed by atoms with Crippen LogP contribution in [0.3, 0.4) is 0 Å². The van der Waals surface area contributed by atoms with Crippen LogP contribution in [0.25, 0.3) is 0 Å². The van der Waals surface area contributed by atoms with E-state index in [-0.39, 0.29) is 5.69 Å².